The van der Waals surface area contributed by atoms with E-state index in [1.165, 1.54) is 0 Å². The quantitative estimate of drug-likeness (QED) is 0.390. The lowest BCUT2D eigenvalue weighted by Gasteiger charge is -1.74. The Bertz CT molecular complexity index is 142. The molecule has 0 aromatic carbocycles. The van der Waals surface area contributed by atoms with Gasteiger partial charge in [-0.2, -0.15) is 10.5 Å². The van der Waals surface area contributed by atoms with Crippen LogP contribution in [0.4, 0.5) is 0 Å². The average molecular weight is 94.1 g/mol. The van der Waals surface area contributed by atoms with Crippen molar-refractivity contribution < 1.29 is 4.74 Å². The summed E-state index contributed by atoms with van der Waals surface area (Å²) in [5.41, 5.74) is -1.06. The van der Waals surface area contributed by atoms with E-state index in [9.17, 15) is 0 Å². The fraction of sp³-hybridized carbons (Fsp3) is 0.500. The first-order chi connectivity index (χ1) is 3.33. The molecular formula is C4H2N2O. The molecule has 0 saturated carbocycles. The Hall–Kier alpha value is -1.06. The zero-order chi connectivity index (χ0) is 5.33. The monoisotopic (exact) mass is 94.0 g/mol. The van der Waals surface area contributed by atoms with Gasteiger partial charge in [0.15, 0.2) is 0 Å². The minimum atomic E-state index is -1.06. The summed E-state index contributed by atoms with van der Waals surface area (Å²) in [6, 6.07) is 3.44. The SMILES string of the molecule is N#CC1(C#N)CO1. The summed E-state index contributed by atoms with van der Waals surface area (Å²) >= 11 is 0. The molecule has 0 spiro atoms. The summed E-state index contributed by atoms with van der Waals surface area (Å²) in [6.45, 7) is 0.278. The van der Waals surface area contributed by atoms with Crippen molar-refractivity contribution in [3.8, 4) is 12.1 Å². The number of ether oxygens (including phenoxy) is 1. The van der Waals surface area contributed by atoms with Crippen LogP contribution in [0.2, 0.25) is 0 Å². The van der Waals surface area contributed by atoms with Gasteiger partial charge in [-0.25, -0.2) is 0 Å². The fourth-order valence-electron chi connectivity index (χ4n) is 0.226. The molecule has 1 saturated heterocycles. The van der Waals surface area contributed by atoms with E-state index in [-0.39, 0.29) is 6.61 Å². The first-order valence-electron chi connectivity index (χ1n) is 1.79. The summed E-state index contributed by atoms with van der Waals surface area (Å²) in [4.78, 5) is 0. The average Bonchev–Trinajstić information content (AvgIpc) is 2.46. The minimum absolute atomic E-state index is 0.278. The maximum absolute atomic E-state index is 8.06. The molecule has 0 aromatic heterocycles. The third-order valence-corrected chi connectivity index (χ3v) is 0.794. The molecule has 3 heteroatoms. The number of hydrogen-bond acceptors (Lipinski definition) is 3. The highest BCUT2D eigenvalue weighted by molar-refractivity contribution is 5.24. The van der Waals surface area contributed by atoms with E-state index >= 15 is 0 Å². The van der Waals surface area contributed by atoms with Gasteiger partial charge in [0.1, 0.15) is 18.7 Å². The molecule has 1 rings (SSSR count). The lowest BCUT2D eigenvalue weighted by Crippen LogP contribution is -2.00. The second-order valence-corrected chi connectivity index (χ2v) is 1.34. The first-order valence-corrected chi connectivity index (χ1v) is 1.79. The normalized spacial score (nSPS) is 22.0. The molecule has 0 aliphatic carbocycles. The van der Waals surface area contributed by atoms with Gasteiger partial charge >= 0.3 is 0 Å². The van der Waals surface area contributed by atoms with Crippen molar-refractivity contribution in [2.45, 2.75) is 5.60 Å². The van der Waals surface area contributed by atoms with Crippen LogP contribution in [-0.4, -0.2) is 12.2 Å². The van der Waals surface area contributed by atoms with Crippen LogP contribution in [-0.2, 0) is 4.74 Å². The molecule has 1 heterocycles. The third kappa shape index (κ3) is 0.432. The zero-order valence-corrected chi connectivity index (χ0v) is 3.51. The molecule has 0 unspecified atom stereocenters. The number of epoxide rings is 1. The van der Waals surface area contributed by atoms with E-state index in [4.69, 9.17) is 10.5 Å². The second-order valence-electron chi connectivity index (χ2n) is 1.34. The molecule has 1 fully saturated rings. The third-order valence-electron chi connectivity index (χ3n) is 0.794. The van der Waals surface area contributed by atoms with Gasteiger partial charge in [-0.15, -0.1) is 0 Å². The van der Waals surface area contributed by atoms with Gasteiger partial charge in [-0.05, 0) is 0 Å². The molecule has 1 aliphatic heterocycles. The Morgan fingerprint density at radius 1 is 1.43 bits per heavy atom. The Labute approximate surface area is 40.7 Å². The molecule has 0 amide bonds. The molecule has 0 bridgehead atoms. The van der Waals surface area contributed by atoms with Crippen LogP contribution in [0.5, 0.6) is 0 Å². The van der Waals surface area contributed by atoms with E-state index in [1.54, 1.807) is 12.1 Å². The number of nitriles is 2. The number of hydrogen-bond donors (Lipinski definition) is 0. The fourth-order valence-corrected chi connectivity index (χ4v) is 0.226. The van der Waals surface area contributed by atoms with Gasteiger partial charge in [-0.3, -0.25) is 0 Å². The minimum Gasteiger partial charge on any atom is -0.341 e. The van der Waals surface area contributed by atoms with Gasteiger partial charge in [0.25, 0.3) is 5.60 Å². The van der Waals surface area contributed by atoms with Gasteiger partial charge in [0, 0.05) is 0 Å². The Balaban J connectivity index is 2.70. The molecule has 3 nitrogen and oxygen atoms in total. The largest absolute Gasteiger partial charge is 0.341 e. The maximum atomic E-state index is 8.06. The smallest absolute Gasteiger partial charge is 0.264 e. The van der Waals surface area contributed by atoms with Crippen molar-refractivity contribution in [3.63, 3.8) is 0 Å². The summed E-state index contributed by atoms with van der Waals surface area (Å²) < 4.78 is 4.47. The summed E-state index contributed by atoms with van der Waals surface area (Å²) in [5, 5.41) is 16.1. The molecule has 0 N–H and O–H groups in total. The van der Waals surface area contributed by atoms with Crippen molar-refractivity contribution in [3.05, 3.63) is 0 Å². The van der Waals surface area contributed by atoms with Crippen LogP contribution in [0, 0.1) is 22.7 Å². The summed E-state index contributed by atoms with van der Waals surface area (Å²) in [7, 11) is 0. The second kappa shape index (κ2) is 0.959. The summed E-state index contributed by atoms with van der Waals surface area (Å²) in [6.07, 6.45) is 0. The van der Waals surface area contributed by atoms with Crippen LogP contribution in [0.1, 0.15) is 0 Å². The topological polar surface area (TPSA) is 60.1 Å². The van der Waals surface area contributed by atoms with Crippen molar-refractivity contribution in [2.75, 3.05) is 6.61 Å². The molecule has 0 radical (unpaired) electrons. The predicted octanol–water partition coefficient (Wildman–Crippen LogP) is -0.197. The van der Waals surface area contributed by atoms with E-state index < -0.39 is 5.60 Å². The molecule has 0 aromatic rings. The predicted molar refractivity (Wildman–Crippen MR) is 19.9 cm³/mol. The highest BCUT2D eigenvalue weighted by atomic mass is 16.6. The Kier molecular flexibility index (Phi) is 0.563. The van der Waals surface area contributed by atoms with Gasteiger partial charge in [0.05, 0.1) is 0 Å². The van der Waals surface area contributed by atoms with Crippen molar-refractivity contribution in [1.29, 1.82) is 10.5 Å². The maximum Gasteiger partial charge on any atom is 0.264 e. The Morgan fingerprint density at radius 2 is 1.86 bits per heavy atom. The number of rotatable bonds is 0. The van der Waals surface area contributed by atoms with Gasteiger partial charge in [0.2, 0.25) is 0 Å². The van der Waals surface area contributed by atoms with Crippen LogP contribution in [0.3, 0.4) is 0 Å². The van der Waals surface area contributed by atoms with Crippen molar-refractivity contribution >= 4 is 0 Å². The van der Waals surface area contributed by atoms with Crippen molar-refractivity contribution in [1.82, 2.24) is 0 Å². The zero-order valence-electron chi connectivity index (χ0n) is 3.51. The molecule has 0 atom stereocenters. The Morgan fingerprint density at radius 3 is 1.86 bits per heavy atom. The molecule has 34 valence electrons. The lowest BCUT2D eigenvalue weighted by atomic mass is 10.2. The van der Waals surface area contributed by atoms with Crippen LogP contribution in [0.15, 0.2) is 0 Å². The highest BCUT2D eigenvalue weighted by Crippen LogP contribution is 2.23. The van der Waals surface area contributed by atoms with E-state index in [0.29, 0.717) is 0 Å². The standard InChI is InChI=1S/C4H2N2O/c5-1-4(2-6)3-7-4/h3H2. The lowest BCUT2D eigenvalue weighted by molar-refractivity contribution is 0.403. The van der Waals surface area contributed by atoms with Crippen LogP contribution < -0.4 is 0 Å². The van der Waals surface area contributed by atoms with E-state index in [1.807, 2.05) is 0 Å². The van der Waals surface area contributed by atoms with Crippen LogP contribution >= 0.6 is 0 Å². The molecular weight excluding hydrogens is 92.1 g/mol. The van der Waals surface area contributed by atoms with E-state index in [0.717, 1.165) is 0 Å². The van der Waals surface area contributed by atoms with Gasteiger partial charge in [-0.1, -0.05) is 0 Å². The van der Waals surface area contributed by atoms with Crippen molar-refractivity contribution in [2.24, 2.45) is 0 Å². The number of nitrogens with zero attached hydrogens (tertiary/aromatic N) is 2. The summed E-state index contributed by atoms with van der Waals surface area (Å²) in [5.74, 6) is 0. The van der Waals surface area contributed by atoms with Crippen LogP contribution in [0.25, 0.3) is 0 Å². The molecule has 1 aliphatic rings. The van der Waals surface area contributed by atoms with Gasteiger partial charge < -0.3 is 4.74 Å². The highest BCUT2D eigenvalue weighted by Gasteiger charge is 2.46. The first kappa shape index (κ1) is 4.11. The van der Waals surface area contributed by atoms with E-state index in [2.05, 4.69) is 4.74 Å². The molecule has 7 heavy (non-hydrogen) atoms.